The van der Waals surface area contributed by atoms with E-state index in [0.29, 0.717) is 44.6 Å². The van der Waals surface area contributed by atoms with E-state index >= 15 is 0 Å². The Hall–Kier alpha value is -6.33. The molecule has 3 heterocycles. The van der Waals surface area contributed by atoms with Crippen molar-refractivity contribution in [3.8, 4) is 17.5 Å². The zero-order valence-corrected chi connectivity index (χ0v) is 28.0. The van der Waals surface area contributed by atoms with Crippen molar-refractivity contribution >= 4 is 44.8 Å². The van der Waals surface area contributed by atoms with Crippen LogP contribution in [0.2, 0.25) is 0 Å². The third-order valence-electron chi connectivity index (χ3n) is 7.29. The van der Waals surface area contributed by atoms with Crippen molar-refractivity contribution in [2.24, 2.45) is 22.8 Å². The molecule has 1 unspecified atom stereocenters. The van der Waals surface area contributed by atoms with Crippen molar-refractivity contribution in [1.82, 2.24) is 24.6 Å². The first-order chi connectivity index (χ1) is 23.3. The summed E-state index contributed by atoms with van der Waals surface area (Å²) in [4.78, 5) is 40.3. The van der Waals surface area contributed by atoms with E-state index in [4.69, 9.17) is 5.73 Å². The first-order valence-corrected chi connectivity index (χ1v) is 16.7. The summed E-state index contributed by atoms with van der Waals surface area (Å²) in [6, 6.07) is 17.1. The average molecular weight is 676 g/mol. The maximum atomic E-state index is 14.3. The number of nitrogens with one attached hydrogen (secondary N) is 2. The maximum absolute atomic E-state index is 14.3. The molecule has 0 spiro atoms. The van der Waals surface area contributed by atoms with Crippen molar-refractivity contribution in [3.63, 3.8) is 0 Å². The number of aromatic nitrogens is 4. The monoisotopic (exact) mass is 675 g/mol. The largest absolute Gasteiger partial charge is 0.382 e. The van der Waals surface area contributed by atoms with E-state index in [2.05, 4.69) is 48.7 Å². The summed E-state index contributed by atoms with van der Waals surface area (Å²) in [7, 11) is -1.75. The molecular weight excluding hydrogens is 643 g/mol. The minimum atomic E-state index is -3.55. The Morgan fingerprint density at radius 2 is 1.82 bits per heavy atom. The van der Waals surface area contributed by atoms with Crippen LogP contribution in [0.5, 0.6) is 0 Å². The van der Waals surface area contributed by atoms with Crippen molar-refractivity contribution in [2.45, 2.75) is 19.9 Å². The second-order valence-corrected chi connectivity index (χ2v) is 12.8. The van der Waals surface area contributed by atoms with Crippen molar-refractivity contribution in [3.05, 3.63) is 130 Å². The van der Waals surface area contributed by atoms with Crippen LogP contribution in [0.1, 0.15) is 42.3 Å². The molecule has 248 valence electrons. The molecule has 3 aromatic heterocycles. The number of para-hydroxylation sites is 1. The van der Waals surface area contributed by atoms with Gasteiger partial charge in [-0.05, 0) is 56.3 Å². The second-order valence-electron chi connectivity index (χ2n) is 11.1. The number of carbonyl (C=O) groups is 1. The van der Waals surface area contributed by atoms with E-state index in [1.807, 2.05) is 36.4 Å². The number of rotatable bonds is 9. The molecule has 0 aliphatic heterocycles. The average Bonchev–Trinajstić information content (AvgIpc) is 3.49. The number of carbonyl (C=O) groups excluding carboxylic acids is 1. The van der Waals surface area contributed by atoms with Gasteiger partial charge in [0.25, 0.3) is 11.5 Å². The van der Waals surface area contributed by atoms with Crippen LogP contribution in [0.4, 0.5) is 5.69 Å². The summed E-state index contributed by atoms with van der Waals surface area (Å²) in [5.41, 5.74) is 8.82. The van der Waals surface area contributed by atoms with Gasteiger partial charge in [-0.25, -0.2) is 18.4 Å². The van der Waals surface area contributed by atoms with Gasteiger partial charge >= 0.3 is 0 Å². The zero-order valence-electron chi connectivity index (χ0n) is 27.2. The number of sulfonamides is 1. The number of pyridine rings is 2. The van der Waals surface area contributed by atoms with Crippen LogP contribution in [-0.4, -0.2) is 52.3 Å². The van der Waals surface area contributed by atoms with E-state index in [-0.39, 0.29) is 22.8 Å². The summed E-state index contributed by atoms with van der Waals surface area (Å²) in [6.45, 7) is 6.79. The third kappa shape index (κ3) is 7.98. The minimum Gasteiger partial charge on any atom is -0.382 e. The minimum absolute atomic E-state index is 0.217. The lowest BCUT2D eigenvalue weighted by atomic mass is 10.0. The number of nitrogens with two attached hydrogens (primary N) is 1. The highest BCUT2D eigenvalue weighted by Gasteiger charge is 2.22. The molecule has 13 nitrogen and oxygen atoms in total. The van der Waals surface area contributed by atoms with Gasteiger partial charge in [0.2, 0.25) is 10.0 Å². The predicted octanol–water partition coefficient (Wildman–Crippen LogP) is 3.41. The molecule has 14 heteroatoms. The molecule has 0 saturated heterocycles. The van der Waals surface area contributed by atoms with Gasteiger partial charge < -0.3 is 11.1 Å². The molecule has 5 aromatic rings. The number of nitrogens with zero attached hydrogens (tertiary/aromatic N) is 6. The number of hydrogen-bond acceptors (Lipinski definition) is 9. The lowest BCUT2D eigenvalue weighted by molar-refractivity contribution is -0.118. The Morgan fingerprint density at radius 1 is 1.06 bits per heavy atom. The number of benzene rings is 2. The molecule has 1 atom stereocenters. The fraction of sp³-hybridized carbons (Fsp3) is 0.143. The summed E-state index contributed by atoms with van der Waals surface area (Å²) in [5.74, 6) is 5.28. The Balaban J connectivity index is 1.55. The first kappa shape index (κ1) is 34.0. The van der Waals surface area contributed by atoms with Crippen LogP contribution >= 0.6 is 0 Å². The highest BCUT2D eigenvalue weighted by atomic mass is 32.2. The molecule has 0 aliphatic rings. The smallest absolute Gasteiger partial charge is 0.274 e. The van der Waals surface area contributed by atoms with E-state index in [9.17, 15) is 18.0 Å². The topological polar surface area (TPSA) is 179 Å². The molecule has 5 rings (SSSR count). The molecule has 0 saturated carbocycles. The predicted molar refractivity (Wildman–Crippen MR) is 191 cm³/mol. The van der Waals surface area contributed by atoms with Gasteiger partial charge in [0.1, 0.15) is 0 Å². The highest BCUT2D eigenvalue weighted by molar-refractivity contribution is 7.92. The van der Waals surface area contributed by atoms with Crippen LogP contribution in [0.15, 0.2) is 112 Å². The summed E-state index contributed by atoms with van der Waals surface area (Å²) >= 11 is 0. The molecule has 1 amide bonds. The number of hydrogen-bond donors (Lipinski definition) is 3. The van der Waals surface area contributed by atoms with Crippen molar-refractivity contribution < 1.29 is 13.2 Å². The normalized spacial score (nSPS) is 12.8. The van der Waals surface area contributed by atoms with E-state index < -0.39 is 22.0 Å². The molecule has 0 bridgehead atoms. The second kappa shape index (κ2) is 14.2. The molecule has 0 aliphatic carbocycles. The van der Waals surface area contributed by atoms with Gasteiger partial charge in [-0.1, -0.05) is 42.2 Å². The molecule has 4 N–H and O–H groups in total. The van der Waals surface area contributed by atoms with Gasteiger partial charge in [-0.3, -0.25) is 28.5 Å². The quantitative estimate of drug-likeness (QED) is 0.122. The third-order valence-corrected chi connectivity index (χ3v) is 7.90. The number of aliphatic imine (C=N–C) groups is 2. The van der Waals surface area contributed by atoms with E-state index in [1.165, 1.54) is 18.5 Å². The number of aryl methyl sites for hydroxylation is 1. The number of fused-ring (bicyclic) bond motifs is 1. The van der Waals surface area contributed by atoms with Gasteiger partial charge in [0.15, 0.2) is 11.5 Å². The van der Waals surface area contributed by atoms with Gasteiger partial charge in [0, 0.05) is 47.7 Å². The number of anilines is 1. The zero-order chi connectivity index (χ0) is 35.3. The van der Waals surface area contributed by atoms with Crippen molar-refractivity contribution in [1.29, 1.82) is 0 Å². The van der Waals surface area contributed by atoms with Crippen LogP contribution in [0, 0.1) is 11.8 Å². The Labute approximate surface area is 283 Å². The van der Waals surface area contributed by atoms with Crippen LogP contribution in [0.3, 0.4) is 0 Å². The van der Waals surface area contributed by atoms with Gasteiger partial charge in [-0.2, -0.15) is 5.10 Å². The van der Waals surface area contributed by atoms with Crippen LogP contribution in [0.25, 0.3) is 16.5 Å². The Kier molecular flexibility index (Phi) is 9.86. The fourth-order valence-corrected chi connectivity index (χ4v) is 5.59. The molecule has 2 aromatic carbocycles. The maximum Gasteiger partial charge on any atom is 0.274 e. The summed E-state index contributed by atoms with van der Waals surface area (Å²) < 4.78 is 29.0. The lowest BCUT2D eigenvalue weighted by Gasteiger charge is -2.21. The molecular formula is C35H33N9O4S. The lowest BCUT2D eigenvalue weighted by Crippen LogP contribution is -2.33. The summed E-state index contributed by atoms with van der Waals surface area (Å²) in [5, 5.41) is 8.11. The van der Waals surface area contributed by atoms with Gasteiger partial charge in [0.05, 0.1) is 41.3 Å². The van der Waals surface area contributed by atoms with Gasteiger partial charge in [-0.15, -0.1) is 0 Å². The highest BCUT2D eigenvalue weighted by Crippen LogP contribution is 2.24. The van der Waals surface area contributed by atoms with E-state index in [0.717, 1.165) is 6.26 Å². The van der Waals surface area contributed by atoms with Crippen LogP contribution in [-0.2, 0) is 21.9 Å². The number of amides is 1. The Bertz CT molecular complexity index is 2380. The fourth-order valence-electron chi connectivity index (χ4n) is 5.05. The Morgan fingerprint density at radius 3 is 2.49 bits per heavy atom. The molecule has 0 fully saturated rings. The van der Waals surface area contributed by atoms with Crippen molar-refractivity contribution in [2.75, 3.05) is 11.0 Å². The SMILES string of the molecule is C=N/C(N)=C(\N=C(/C)c1cncc(NS(C)(=O)=O)c1)C(=O)NC(C)c1cc2cccc(C#Cc3cnn(C)c3)c2c(=O)n1-c1ccccc1. The molecule has 49 heavy (non-hydrogen) atoms. The van der Waals surface area contributed by atoms with E-state index in [1.54, 1.807) is 60.7 Å². The first-order valence-electron chi connectivity index (χ1n) is 14.8. The standard InChI is InChI=1S/C35H33N9O4S/c1-22(27-16-28(20-38-19-27)42-49(5,47)48)40-32(33(36)37-3)34(45)41-23(2)30-17-26-11-9-10-25(15-14-24-18-39-43(4)21-24)31(26)35(46)44(30)29-12-7-6-8-13-29/h6-13,16-21,23,42H,3,36H2,1-2,4-5H3,(H,41,45)/b33-32-,40-22+. The molecule has 0 radical (unpaired) electrons. The summed E-state index contributed by atoms with van der Waals surface area (Å²) in [6.07, 6.45) is 7.26. The van der Waals surface area contributed by atoms with Crippen LogP contribution < -0.4 is 21.3 Å².